The smallest absolute Gasteiger partial charge is 0.244 e. The van der Waals surface area contributed by atoms with Gasteiger partial charge in [-0.2, -0.15) is 0 Å². The molecule has 10 heteroatoms. The molecule has 0 aliphatic heterocycles. The predicted octanol–water partition coefficient (Wildman–Crippen LogP) is 5.02. The highest BCUT2D eigenvalue weighted by Crippen LogP contribution is 2.23. The van der Waals surface area contributed by atoms with Crippen LogP contribution in [0.3, 0.4) is 0 Å². The first-order valence-corrected chi connectivity index (χ1v) is 15.3. The quantitative estimate of drug-likeness (QED) is 0.304. The Morgan fingerprint density at radius 2 is 1.55 bits per heavy atom. The van der Waals surface area contributed by atoms with Crippen molar-refractivity contribution in [2.75, 3.05) is 17.1 Å². The van der Waals surface area contributed by atoms with E-state index in [1.54, 1.807) is 55.5 Å². The second kappa shape index (κ2) is 14.2. The normalized spacial score (nSPS) is 12.7. The van der Waals surface area contributed by atoms with Gasteiger partial charge in [0.2, 0.25) is 21.8 Å². The van der Waals surface area contributed by atoms with Gasteiger partial charge in [0, 0.05) is 17.6 Å². The summed E-state index contributed by atoms with van der Waals surface area (Å²) in [5, 5.41) is 3.45. The van der Waals surface area contributed by atoms with Gasteiger partial charge in [0.1, 0.15) is 24.9 Å². The van der Waals surface area contributed by atoms with E-state index in [2.05, 4.69) is 5.32 Å². The third-order valence-corrected chi connectivity index (χ3v) is 7.88. The molecule has 3 aromatic rings. The largest absolute Gasteiger partial charge is 0.489 e. The van der Waals surface area contributed by atoms with Crippen molar-refractivity contribution in [1.29, 1.82) is 0 Å². The monoisotopic (exact) mass is 585 g/mol. The Morgan fingerprint density at radius 3 is 2.12 bits per heavy atom. The van der Waals surface area contributed by atoms with E-state index in [0.717, 1.165) is 28.1 Å². The van der Waals surface area contributed by atoms with Crippen molar-refractivity contribution in [2.24, 2.45) is 0 Å². The van der Waals surface area contributed by atoms with Crippen molar-refractivity contribution < 1.29 is 22.7 Å². The maximum absolute atomic E-state index is 13.7. The molecule has 0 saturated carbocycles. The Morgan fingerprint density at radius 1 is 0.925 bits per heavy atom. The van der Waals surface area contributed by atoms with E-state index in [1.807, 2.05) is 44.2 Å². The molecule has 0 saturated heterocycles. The van der Waals surface area contributed by atoms with Crippen LogP contribution in [0, 0.1) is 0 Å². The molecule has 0 aromatic heterocycles. The van der Waals surface area contributed by atoms with Gasteiger partial charge in [-0.3, -0.25) is 13.9 Å². The number of carbonyl (C=O) groups is 2. The molecule has 0 aliphatic carbocycles. The molecule has 0 aliphatic rings. The van der Waals surface area contributed by atoms with E-state index in [1.165, 1.54) is 4.90 Å². The molecule has 40 heavy (non-hydrogen) atoms. The average molecular weight is 586 g/mol. The van der Waals surface area contributed by atoms with E-state index >= 15 is 0 Å². The molecule has 3 rings (SSSR count). The van der Waals surface area contributed by atoms with Crippen molar-refractivity contribution >= 4 is 39.1 Å². The molecule has 2 amide bonds. The first-order valence-electron chi connectivity index (χ1n) is 13.1. The summed E-state index contributed by atoms with van der Waals surface area (Å²) in [4.78, 5) is 28.0. The van der Waals surface area contributed by atoms with Crippen LogP contribution in [0.1, 0.15) is 38.3 Å². The molecule has 214 valence electrons. The van der Waals surface area contributed by atoms with E-state index in [-0.39, 0.29) is 18.5 Å². The Labute approximate surface area is 241 Å². The lowest BCUT2D eigenvalue weighted by molar-refractivity contribution is -0.139. The van der Waals surface area contributed by atoms with Crippen molar-refractivity contribution in [1.82, 2.24) is 10.2 Å². The number of nitrogens with one attached hydrogen (secondary N) is 1. The maximum atomic E-state index is 13.7. The fourth-order valence-electron chi connectivity index (χ4n) is 3.90. The lowest BCUT2D eigenvalue weighted by Gasteiger charge is -2.32. The summed E-state index contributed by atoms with van der Waals surface area (Å²) in [6, 6.07) is 22.2. The number of hydrogen-bond donors (Lipinski definition) is 1. The van der Waals surface area contributed by atoms with Crippen LogP contribution in [0.15, 0.2) is 78.9 Å². The summed E-state index contributed by atoms with van der Waals surface area (Å²) in [7, 11) is -3.84. The number of anilines is 1. The van der Waals surface area contributed by atoms with Gasteiger partial charge >= 0.3 is 0 Å². The van der Waals surface area contributed by atoms with Crippen LogP contribution in [0.25, 0.3) is 0 Å². The van der Waals surface area contributed by atoms with Gasteiger partial charge in [-0.1, -0.05) is 61.0 Å². The van der Waals surface area contributed by atoms with Crippen molar-refractivity contribution in [3.05, 3.63) is 95.0 Å². The van der Waals surface area contributed by atoms with Gasteiger partial charge in [0.25, 0.3) is 0 Å². The number of rotatable bonds is 13. The fourth-order valence-corrected chi connectivity index (χ4v) is 4.87. The Hall–Kier alpha value is -3.56. The minimum absolute atomic E-state index is 0.0717. The zero-order valence-electron chi connectivity index (χ0n) is 23.2. The van der Waals surface area contributed by atoms with Crippen molar-refractivity contribution in [3.8, 4) is 5.75 Å². The molecule has 0 fully saturated rings. The average Bonchev–Trinajstić information content (AvgIpc) is 2.94. The fraction of sp³-hybridized carbons (Fsp3) is 0.333. The number of sulfonamides is 1. The molecule has 2 atom stereocenters. The summed E-state index contributed by atoms with van der Waals surface area (Å²) in [6.07, 6.45) is 1.78. The van der Waals surface area contributed by atoms with Crippen LogP contribution in [0.2, 0.25) is 5.02 Å². The highest BCUT2D eigenvalue weighted by Gasteiger charge is 2.30. The topological polar surface area (TPSA) is 96.0 Å². The second-order valence-corrected chi connectivity index (χ2v) is 12.0. The van der Waals surface area contributed by atoms with E-state index < -0.39 is 28.5 Å². The number of carbonyl (C=O) groups excluding carboxylic acids is 2. The number of amides is 2. The van der Waals surface area contributed by atoms with E-state index in [4.69, 9.17) is 16.3 Å². The summed E-state index contributed by atoms with van der Waals surface area (Å²) >= 11 is 6.02. The second-order valence-electron chi connectivity index (χ2n) is 9.68. The number of nitrogens with zero attached hydrogens (tertiary/aromatic N) is 2. The van der Waals surface area contributed by atoms with Gasteiger partial charge in [-0.05, 0) is 67.8 Å². The number of ether oxygens (including phenoxy) is 1. The molecular weight excluding hydrogens is 550 g/mol. The standard InChI is InChI=1S/C30H36ClN3O5S/c1-5-22(2)32-30(36)23(3)33(19-24-11-13-26(31)14-12-24)29(35)20-34(40(4,37)38)27-15-17-28(18-16-27)39-21-25-9-7-6-8-10-25/h6-18,22-23H,5,19-21H2,1-4H3,(H,32,36)/t22-,23+/m1/s1. The minimum Gasteiger partial charge on any atom is -0.489 e. The molecule has 0 radical (unpaired) electrons. The predicted molar refractivity (Wildman–Crippen MR) is 159 cm³/mol. The summed E-state index contributed by atoms with van der Waals surface area (Å²) in [6.45, 7) is 5.47. The van der Waals surface area contributed by atoms with Crippen LogP contribution in [0.5, 0.6) is 5.75 Å². The lowest BCUT2D eigenvalue weighted by Crippen LogP contribution is -2.52. The van der Waals surface area contributed by atoms with E-state index in [0.29, 0.717) is 23.1 Å². The molecule has 3 aromatic carbocycles. The Kier molecular flexibility index (Phi) is 11.0. The van der Waals surface area contributed by atoms with Gasteiger partial charge < -0.3 is 15.0 Å². The molecule has 1 N–H and O–H groups in total. The molecule has 8 nitrogen and oxygen atoms in total. The number of halogens is 1. The third kappa shape index (κ3) is 8.99. The molecule has 0 heterocycles. The summed E-state index contributed by atoms with van der Waals surface area (Å²) < 4.78 is 32.4. The zero-order chi connectivity index (χ0) is 29.3. The molecule has 0 bridgehead atoms. The first-order chi connectivity index (χ1) is 19.0. The van der Waals surface area contributed by atoms with Crippen LogP contribution in [-0.4, -0.2) is 50.0 Å². The van der Waals surface area contributed by atoms with Crippen molar-refractivity contribution in [2.45, 2.75) is 52.4 Å². The number of hydrogen-bond acceptors (Lipinski definition) is 5. The van der Waals surface area contributed by atoms with Gasteiger partial charge in [-0.15, -0.1) is 0 Å². The van der Waals surface area contributed by atoms with E-state index in [9.17, 15) is 18.0 Å². The SMILES string of the molecule is CC[C@@H](C)NC(=O)[C@H](C)N(Cc1ccc(Cl)cc1)C(=O)CN(c1ccc(OCc2ccccc2)cc1)S(C)(=O)=O. The molecule has 0 spiro atoms. The molecule has 0 unspecified atom stereocenters. The van der Waals surface area contributed by atoms with Gasteiger partial charge in [-0.25, -0.2) is 8.42 Å². The van der Waals surface area contributed by atoms with Gasteiger partial charge in [0.05, 0.1) is 11.9 Å². The van der Waals surface area contributed by atoms with Crippen LogP contribution in [0.4, 0.5) is 5.69 Å². The highest BCUT2D eigenvalue weighted by molar-refractivity contribution is 7.92. The summed E-state index contributed by atoms with van der Waals surface area (Å²) in [5.74, 6) is -0.272. The lowest BCUT2D eigenvalue weighted by atomic mass is 10.1. The minimum atomic E-state index is -3.84. The zero-order valence-corrected chi connectivity index (χ0v) is 24.8. The summed E-state index contributed by atoms with van der Waals surface area (Å²) in [5.41, 5.74) is 2.07. The van der Waals surface area contributed by atoms with Crippen LogP contribution >= 0.6 is 11.6 Å². The van der Waals surface area contributed by atoms with Crippen LogP contribution < -0.4 is 14.4 Å². The maximum Gasteiger partial charge on any atom is 0.244 e. The third-order valence-electron chi connectivity index (χ3n) is 6.49. The van der Waals surface area contributed by atoms with Gasteiger partial charge in [0.15, 0.2) is 0 Å². The van der Waals surface area contributed by atoms with Crippen molar-refractivity contribution in [3.63, 3.8) is 0 Å². The number of benzene rings is 3. The first kappa shape index (κ1) is 31.0. The Bertz CT molecular complexity index is 1370. The van der Waals surface area contributed by atoms with Crippen LogP contribution in [-0.2, 0) is 32.8 Å². The Balaban J connectivity index is 1.81. The highest BCUT2D eigenvalue weighted by atomic mass is 35.5. The molecular formula is C30H36ClN3O5S.